The molecule has 1 saturated heterocycles. The highest BCUT2D eigenvalue weighted by atomic mass is 16.4. The van der Waals surface area contributed by atoms with E-state index < -0.39 is 0 Å². The maximum atomic E-state index is 12.6. The van der Waals surface area contributed by atoms with E-state index in [9.17, 15) is 9.59 Å². The number of piperidine rings is 1. The lowest BCUT2D eigenvalue weighted by molar-refractivity contribution is -0.119. The fourth-order valence-corrected chi connectivity index (χ4v) is 3.75. The van der Waals surface area contributed by atoms with E-state index in [1.54, 1.807) is 24.3 Å². The summed E-state index contributed by atoms with van der Waals surface area (Å²) in [6.07, 6.45) is 1.58. The predicted molar refractivity (Wildman–Crippen MR) is 116 cm³/mol. The van der Waals surface area contributed by atoms with Gasteiger partial charge >= 0.3 is 0 Å². The first-order valence-electron chi connectivity index (χ1n) is 10.3. The summed E-state index contributed by atoms with van der Waals surface area (Å²) in [6.45, 7) is 3.75. The van der Waals surface area contributed by atoms with E-state index >= 15 is 0 Å². The van der Waals surface area contributed by atoms with Crippen LogP contribution < -0.4 is 11.1 Å². The van der Waals surface area contributed by atoms with Crippen LogP contribution in [0.25, 0.3) is 22.9 Å². The Morgan fingerprint density at radius 1 is 1.06 bits per heavy atom. The fraction of sp³-hybridized carbons (Fsp3) is 0.304. The first-order chi connectivity index (χ1) is 15.0. The summed E-state index contributed by atoms with van der Waals surface area (Å²) in [6, 6.07) is 15.0. The van der Waals surface area contributed by atoms with Crippen molar-refractivity contribution in [2.24, 2.45) is 5.73 Å². The molecule has 8 heteroatoms. The normalized spacial score (nSPS) is 15.0. The number of aromatic nitrogens is 2. The Bertz CT molecular complexity index is 1070. The van der Waals surface area contributed by atoms with Crippen molar-refractivity contribution in [3.05, 3.63) is 59.7 Å². The molecule has 0 atom stereocenters. The molecule has 0 spiro atoms. The molecule has 1 aromatic heterocycles. The Kier molecular flexibility index (Phi) is 6.08. The number of hydrogen-bond acceptors (Lipinski definition) is 6. The Morgan fingerprint density at radius 3 is 2.42 bits per heavy atom. The van der Waals surface area contributed by atoms with Crippen molar-refractivity contribution in [3.63, 3.8) is 0 Å². The van der Waals surface area contributed by atoms with Crippen molar-refractivity contribution >= 4 is 11.8 Å². The number of amides is 2. The molecule has 1 aliphatic heterocycles. The second-order valence-corrected chi connectivity index (χ2v) is 7.79. The van der Waals surface area contributed by atoms with Crippen molar-refractivity contribution in [2.45, 2.75) is 25.8 Å². The molecule has 2 heterocycles. The molecule has 0 radical (unpaired) electrons. The van der Waals surface area contributed by atoms with Gasteiger partial charge in [-0.15, -0.1) is 10.2 Å². The number of carbonyl (C=O) groups is 2. The predicted octanol–water partition coefficient (Wildman–Crippen LogP) is 2.39. The summed E-state index contributed by atoms with van der Waals surface area (Å²) >= 11 is 0. The summed E-state index contributed by atoms with van der Waals surface area (Å²) in [4.78, 5) is 25.6. The molecule has 0 bridgehead atoms. The summed E-state index contributed by atoms with van der Waals surface area (Å²) in [5, 5.41) is 11.4. The number of primary amides is 1. The number of rotatable bonds is 6. The molecule has 1 fully saturated rings. The first kappa shape index (κ1) is 20.7. The average molecular weight is 419 g/mol. The van der Waals surface area contributed by atoms with Crippen LogP contribution in [0.4, 0.5) is 0 Å². The smallest absolute Gasteiger partial charge is 0.251 e. The lowest BCUT2D eigenvalue weighted by Crippen LogP contribution is -2.46. The number of benzene rings is 2. The molecule has 160 valence electrons. The molecule has 3 N–H and O–H groups in total. The number of likely N-dealkylation sites (tertiary alicyclic amines) is 1. The van der Waals surface area contributed by atoms with Crippen LogP contribution in [0, 0.1) is 6.92 Å². The highest BCUT2D eigenvalue weighted by Crippen LogP contribution is 2.26. The van der Waals surface area contributed by atoms with Gasteiger partial charge in [0.15, 0.2) is 0 Å². The van der Waals surface area contributed by atoms with Crippen molar-refractivity contribution in [2.75, 3.05) is 19.6 Å². The van der Waals surface area contributed by atoms with E-state index in [4.69, 9.17) is 10.2 Å². The number of aryl methyl sites for hydroxylation is 1. The first-order valence-corrected chi connectivity index (χ1v) is 10.3. The zero-order chi connectivity index (χ0) is 21.8. The summed E-state index contributed by atoms with van der Waals surface area (Å²) in [5.41, 5.74) is 8.53. The van der Waals surface area contributed by atoms with Crippen molar-refractivity contribution in [3.8, 4) is 22.9 Å². The molecule has 0 unspecified atom stereocenters. The number of hydrogen-bond donors (Lipinski definition) is 2. The fourth-order valence-electron chi connectivity index (χ4n) is 3.75. The second-order valence-electron chi connectivity index (χ2n) is 7.79. The van der Waals surface area contributed by atoms with Gasteiger partial charge in [0.05, 0.1) is 6.54 Å². The highest BCUT2D eigenvalue weighted by molar-refractivity contribution is 5.94. The monoisotopic (exact) mass is 419 g/mol. The Balaban J connectivity index is 1.37. The Labute approximate surface area is 180 Å². The average Bonchev–Trinajstić information content (AvgIpc) is 3.25. The standard InChI is InChI=1S/C23H25N5O3/c1-15-4-2-3-5-19(15)23-27-26-22(31-23)17-8-6-16(7-9-17)21(30)25-18-10-12-28(13-11-18)14-20(24)29/h2-9,18H,10-14H2,1H3,(H2,24,29)(H,25,30). The van der Waals surface area contributed by atoms with Gasteiger partial charge in [0.25, 0.3) is 5.91 Å². The molecule has 3 aromatic rings. The van der Waals surface area contributed by atoms with E-state index in [1.165, 1.54) is 0 Å². The molecule has 0 saturated carbocycles. The minimum Gasteiger partial charge on any atom is -0.416 e. The molecule has 1 aliphatic rings. The van der Waals surface area contributed by atoms with Crippen LogP contribution in [-0.4, -0.2) is 52.6 Å². The van der Waals surface area contributed by atoms with Crippen LogP contribution in [0.2, 0.25) is 0 Å². The highest BCUT2D eigenvalue weighted by Gasteiger charge is 2.22. The van der Waals surface area contributed by atoms with Crippen LogP contribution >= 0.6 is 0 Å². The van der Waals surface area contributed by atoms with Gasteiger partial charge in [0, 0.05) is 35.8 Å². The maximum absolute atomic E-state index is 12.6. The van der Waals surface area contributed by atoms with Gasteiger partial charge in [0.2, 0.25) is 17.7 Å². The lowest BCUT2D eigenvalue weighted by atomic mass is 10.0. The van der Waals surface area contributed by atoms with Gasteiger partial charge in [0.1, 0.15) is 0 Å². The maximum Gasteiger partial charge on any atom is 0.251 e. The third-order valence-corrected chi connectivity index (χ3v) is 5.50. The zero-order valence-electron chi connectivity index (χ0n) is 17.4. The molecular formula is C23H25N5O3. The van der Waals surface area contributed by atoms with E-state index in [-0.39, 0.29) is 24.4 Å². The van der Waals surface area contributed by atoms with E-state index in [0.29, 0.717) is 17.3 Å². The molecule has 2 amide bonds. The third-order valence-electron chi connectivity index (χ3n) is 5.50. The van der Waals surface area contributed by atoms with Gasteiger partial charge in [-0.2, -0.15) is 0 Å². The van der Waals surface area contributed by atoms with E-state index in [2.05, 4.69) is 15.5 Å². The molecule has 2 aromatic carbocycles. The summed E-state index contributed by atoms with van der Waals surface area (Å²) in [7, 11) is 0. The minimum absolute atomic E-state index is 0.0870. The van der Waals surface area contributed by atoms with Crippen LogP contribution in [0.1, 0.15) is 28.8 Å². The van der Waals surface area contributed by atoms with Crippen LogP contribution in [0.3, 0.4) is 0 Å². The zero-order valence-corrected chi connectivity index (χ0v) is 17.4. The topological polar surface area (TPSA) is 114 Å². The lowest BCUT2D eigenvalue weighted by Gasteiger charge is -2.31. The van der Waals surface area contributed by atoms with Crippen molar-refractivity contribution in [1.82, 2.24) is 20.4 Å². The Morgan fingerprint density at radius 2 is 1.74 bits per heavy atom. The number of nitrogens with two attached hydrogens (primary N) is 1. The molecule has 8 nitrogen and oxygen atoms in total. The number of nitrogens with one attached hydrogen (secondary N) is 1. The summed E-state index contributed by atoms with van der Waals surface area (Å²) < 4.78 is 5.84. The van der Waals surface area contributed by atoms with Gasteiger partial charge in [-0.1, -0.05) is 18.2 Å². The van der Waals surface area contributed by atoms with E-state index in [0.717, 1.165) is 42.6 Å². The van der Waals surface area contributed by atoms with Crippen molar-refractivity contribution in [1.29, 1.82) is 0 Å². The van der Waals surface area contributed by atoms with Gasteiger partial charge in [-0.05, 0) is 55.7 Å². The Hall–Kier alpha value is -3.52. The molecule has 0 aliphatic carbocycles. The SMILES string of the molecule is Cc1ccccc1-c1nnc(-c2ccc(C(=O)NC3CCN(CC(N)=O)CC3)cc2)o1. The van der Waals surface area contributed by atoms with Gasteiger partial charge in [-0.25, -0.2) is 0 Å². The minimum atomic E-state index is -0.324. The van der Waals surface area contributed by atoms with Gasteiger partial charge < -0.3 is 15.5 Å². The summed E-state index contributed by atoms with van der Waals surface area (Å²) in [5.74, 6) is 0.436. The van der Waals surface area contributed by atoms with Crippen LogP contribution in [0.5, 0.6) is 0 Å². The number of nitrogens with zero attached hydrogens (tertiary/aromatic N) is 3. The third kappa shape index (κ3) is 4.97. The largest absolute Gasteiger partial charge is 0.416 e. The number of carbonyl (C=O) groups excluding carboxylic acids is 2. The van der Waals surface area contributed by atoms with Crippen LogP contribution in [-0.2, 0) is 4.79 Å². The molecular weight excluding hydrogens is 394 g/mol. The second kappa shape index (κ2) is 9.09. The van der Waals surface area contributed by atoms with E-state index in [1.807, 2.05) is 36.1 Å². The quantitative estimate of drug-likeness (QED) is 0.634. The van der Waals surface area contributed by atoms with Crippen LogP contribution in [0.15, 0.2) is 52.9 Å². The molecule has 4 rings (SSSR count). The molecule has 31 heavy (non-hydrogen) atoms. The van der Waals surface area contributed by atoms with Gasteiger partial charge in [-0.3, -0.25) is 14.5 Å². The van der Waals surface area contributed by atoms with Crippen molar-refractivity contribution < 1.29 is 14.0 Å².